The van der Waals surface area contributed by atoms with E-state index in [0.717, 1.165) is 18.8 Å². The summed E-state index contributed by atoms with van der Waals surface area (Å²) in [5.41, 5.74) is 6.24. The first-order chi connectivity index (χ1) is 8.25. The first kappa shape index (κ1) is 11.1. The summed E-state index contributed by atoms with van der Waals surface area (Å²) in [5.74, 6) is -0.525. The van der Waals surface area contributed by atoms with Crippen molar-refractivity contribution in [3.8, 4) is 0 Å². The molecule has 88 valence electrons. The molecule has 2 aromatic heterocycles. The molecular weight excluding hydrogens is 218 g/mol. The van der Waals surface area contributed by atoms with Crippen molar-refractivity contribution < 1.29 is 4.79 Å². The van der Waals surface area contributed by atoms with Crippen LogP contribution in [0.5, 0.6) is 0 Å². The Balaban J connectivity index is 1.90. The maximum atomic E-state index is 10.9. The van der Waals surface area contributed by atoms with Gasteiger partial charge in [-0.25, -0.2) is 4.98 Å². The van der Waals surface area contributed by atoms with Crippen LogP contribution >= 0.6 is 0 Å². The van der Waals surface area contributed by atoms with E-state index in [2.05, 4.69) is 15.3 Å². The fraction of sp³-hybridized carbons (Fsp3) is 0.182. The molecule has 2 heterocycles. The average Bonchev–Trinajstić information content (AvgIpc) is 2.82. The smallest absolute Gasteiger partial charge is 0.267 e. The Morgan fingerprint density at radius 1 is 1.47 bits per heavy atom. The molecule has 3 N–H and O–H groups in total. The van der Waals surface area contributed by atoms with E-state index in [4.69, 9.17) is 5.73 Å². The zero-order valence-electron chi connectivity index (χ0n) is 9.21. The van der Waals surface area contributed by atoms with E-state index in [1.54, 1.807) is 30.9 Å². The van der Waals surface area contributed by atoms with E-state index in [0.29, 0.717) is 0 Å². The van der Waals surface area contributed by atoms with Gasteiger partial charge in [-0.15, -0.1) is 0 Å². The van der Waals surface area contributed by atoms with Gasteiger partial charge < -0.3 is 15.6 Å². The molecule has 0 unspecified atom stereocenters. The van der Waals surface area contributed by atoms with Crippen molar-refractivity contribution >= 4 is 11.6 Å². The molecule has 2 aromatic rings. The molecule has 2 rings (SSSR count). The van der Waals surface area contributed by atoms with E-state index in [9.17, 15) is 4.79 Å². The molecule has 17 heavy (non-hydrogen) atoms. The zero-order valence-corrected chi connectivity index (χ0v) is 9.21. The number of carbonyl (C=O) groups is 1. The summed E-state index contributed by atoms with van der Waals surface area (Å²) in [6.07, 6.45) is 6.93. The summed E-state index contributed by atoms with van der Waals surface area (Å²) < 4.78 is 1.96. The van der Waals surface area contributed by atoms with E-state index >= 15 is 0 Å². The van der Waals surface area contributed by atoms with Crippen molar-refractivity contribution in [1.82, 2.24) is 14.5 Å². The second-order valence-electron chi connectivity index (χ2n) is 3.52. The topological polar surface area (TPSA) is 85.8 Å². The van der Waals surface area contributed by atoms with Gasteiger partial charge in [0.05, 0.1) is 6.33 Å². The van der Waals surface area contributed by atoms with Gasteiger partial charge in [-0.3, -0.25) is 9.78 Å². The monoisotopic (exact) mass is 231 g/mol. The van der Waals surface area contributed by atoms with E-state index in [1.165, 1.54) is 0 Å². The third-order valence-electron chi connectivity index (χ3n) is 2.27. The standard InChI is InChI=1S/C11H13N5O/c12-11(17)10-7-9(1-2-15-10)14-4-6-16-5-3-13-8-16/h1-3,5,7-8H,4,6H2,(H2,12,17)(H,14,15). The van der Waals surface area contributed by atoms with Crippen LogP contribution in [0.4, 0.5) is 5.69 Å². The van der Waals surface area contributed by atoms with Gasteiger partial charge in [0.1, 0.15) is 5.69 Å². The summed E-state index contributed by atoms with van der Waals surface area (Å²) in [6.45, 7) is 1.53. The van der Waals surface area contributed by atoms with Crippen LogP contribution in [-0.4, -0.2) is 27.0 Å². The average molecular weight is 231 g/mol. The van der Waals surface area contributed by atoms with Crippen LogP contribution in [0.15, 0.2) is 37.1 Å². The SMILES string of the molecule is NC(=O)c1cc(NCCn2ccnc2)ccn1. The van der Waals surface area contributed by atoms with Gasteiger partial charge in [-0.05, 0) is 12.1 Å². The summed E-state index contributed by atoms with van der Waals surface area (Å²) in [5, 5.41) is 3.18. The largest absolute Gasteiger partial charge is 0.383 e. The molecule has 0 saturated carbocycles. The minimum Gasteiger partial charge on any atom is -0.383 e. The van der Waals surface area contributed by atoms with Gasteiger partial charge in [0, 0.05) is 37.4 Å². The Morgan fingerprint density at radius 3 is 3.06 bits per heavy atom. The predicted octanol–water partition coefficient (Wildman–Crippen LogP) is 0.489. The molecule has 0 aliphatic rings. The lowest BCUT2D eigenvalue weighted by molar-refractivity contribution is 0.0995. The molecule has 0 spiro atoms. The second kappa shape index (κ2) is 5.11. The first-order valence-electron chi connectivity index (χ1n) is 5.21. The Morgan fingerprint density at radius 2 is 2.35 bits per heavy atom. The fourth-order valence-corrected chi connectivity index (χ4v) is 1.42. The third kappa shape index (κ3) is 3.04. The second-order valence-corrected chi connectivity index (χ2v) is 3.52. The van der Waals surface area contributed by atoms with Crippen molar-refractivity contribution in [1.29, 1.82) is 0 Å². The predicted molar refractivity (Wildman–Crippen MR) is 63.5 cm³/mol. The Hall–Kier alpha value is -2.37. The molecule has 0 radical (unpaired) electrons. The van der Waals surface area contributed by atoms with Crippen LogP contribution in [0.1, 0.15) is 10.5 Å². The van der Waals surface area contributed by atoms with Gasteiger partial charge in [0.25, 0.3) is 5.91 Å². The molecular formula is C11H13N5O. The van der Waals surface area contributed by atoms with Crippen molar-refractivity contribution in [2.75, 3.05) is 11.9 Å². The Kier molecular flexibility index (Phi) is 3.34. The number of nitrogens with one attached hydrogen (secondary N) is 1. The van der Waals surface area contributed by atoms with E-state index in [-0.39, 0.29) is 5.69 Å². The number of amides is 1. The molecule has 0 aromatic carbocycles. The minimum atomic E-state index is -0.525. The van der Waals surface area contributed by atoms with Crippen molar-refractivity contribution in [3.63, 3.8) is 0 Å². The lowest BCUT2D eigenvalue weighted by Gasteiger charge is -2.07. The van der Waals surface area contributed by atoms with Gasteiger partial charge >= 0.3 is 0 Å². The molecule has 0 saturated heterocycles. The van der Waals surface area contributed by atoms with Crippen LogP contribution in [0, 0.1) is 0 Å². The number of imidazole rings is 1. The lowest BCUT2D eigenvalue weighted by Crippen LogP contribution is -2.14. The normalized spacial score (nSPS) is 10.1. The van der Waals surface area contributed by atoms with Crippen molar-refractivity contribution in [2.24, 2.45) is 5.73 Å². The Labute approximate surface area is 98.5 Å². The van der Waals surface area contributed by atoms with Gasteiger partial charge in [0.2, 0.25) is 0 Å². The molecule has 0 fully saturated rings. The van der Waals surface area contributed by atoms with Crippen LogP contribution < -0.4 is 11.1 Å². The van der Waals surface area contributed by atoms with Gasteiger partial charge in [-0.2, -0.15) is 0 Å². The van der Waals surface area contributed by atoms with Crippen LogP contribution in [-0.2, 0) is 6.54 Å². The van der Waals surface area contributed by atoms with Gasteiger partial charge in [0.15, 0.2) is 0 Å². The molecule has 0 aliphatic heterocycles. The number of hydrogen-bond donors (Lipinski definition) is 2. The van der Waals surface area contributed by atoms with Crippen LogP contribution in [0.2, 0.25) is 0 Å². The highest BCUT2D eigenvalue weighted by molar-refractivity contribution is 5.91. The fourth-order valence-electron chi connectivity index (χ4n) is 1.42. The molecule has 0 atom stereocenters. The minimum absolute atomic E-state index is 0.262. The van der Waals surface area contributed by atoms with Crippen molar-refractivity contribution in [2.45, 2.75) is 6.54 Å². The number of carbonyl (C=O) groups excluding carboxylic acids is 1. The highest BCUT2D eigenvalue weighted by Crippen LogP contribution is 2.07. The quantitative estimate of drug-likeness (QED) is 0.784. The number of hydrogen-bond acceptors (Lipinski definition) is 4. The number of primary amides is 1. The molecule has 0 aliphatic carbocycles. The molecule has 6 heteroatoms. The number of pyridine rings is 1. The van der Waals surface area contributed by atoms with Crippen LogP contribution in [0.3, 0.4) is 0 Å². The number of rotatable bonds is 5. The highest BCUT2D eigenvalue weighted by Gasteiger charge is 2.02. The van der Waals surface area contributed by atoms with E-state index < -0.39 is 5.91 Å². The summed E-state index contributed by atoms with van der Waals surface area (Å²) in [4.78, 5) is 18.7. The van der Waals surface area contributed by atoms with Crippen molar-refractivity contribution in [3.05, 3.63) is 42.7 Å². The number of nitrogens with zero attached hydrogens (tertiary/aromatic N) is 3. The highest BCUT2D eigenvalue weighted by atomic mass is 16.1. The van der Waals surface area contributed by atoms with Gasteiger partial charge in [-0.1, -0.05) is 0 Å². The molecule has 6 nitrogen and oxygen atoms in total. The number of anilines is 1. The lowest BCUT2D eigenvalue weighted by atomic mass is 10.3. The molecule has 1 amide bonds. The van der Waals surface area contributed by atoms with E-state index in [1.807, 2.05) is 10.8 Å². The number of aromatic nitrogens is 3. The Bertz CT molecular complexity index is 494. The van der Waals surface area contributed by atoms with Crippen LogP contribution in [0.25, 0.3) is 0 Å². The first-order valence-corrected chi connectivity index (χ1v) is 5.21. The number of nitrogens with two attached hydrogens (primary N) is 1. The maximum absolute atomic E-state index is 10.9. The summed E-state index contributed by atoms with van der Waals surface area (Å²) in [6, 6.07) is 3.43. The maximum Gasteiger partial charge on any atom is 0.267 e. The summed E-state index contributed by atoms with van der Waals surface area (Å²) >= 11 is 0. The summed E-state index contributed by atoms with van der Waals surface area (Å²) in [7, 11) is 0. The molecule has 0 bridgehead atoms. The third-order valence-corrected chi connectivity index (χ3v) is 2.27. The zero-order chi connectivity index (χ0) is 12.1.